The van der Waals surface area contributed by atoms with Crippen LogP contribution in [0.15, 0.2) is 58.3 Å². The summed E-state index contributed by atoms with van der Waals surface area (Å²) in [6.45, 7) is 1.45. The van der Waals surface area contributed by atoms with E-state index >= 15 is 0 Å². The van der Waals surface area contributed by atoms with Crippen LogP contribution < -0.4 is 10.2 Å². The van der Waals surface area contributed by atoms with E-state index in [1.807, 2.05) is 36.4 Å². The number of rotatable bonds is 4. The minimum atomic E-state index is -1.13. The maximum atomic E-state index is 12.8. The Bertz CT molecular complexity index is 1550. The van der Waals surface area contributed by atoms with E-state index in [1.165, 1.54) is 11.3 Å². The highest BCUT2D eigenvalue weighted by molar-refractivity contribution is 7.91. The number of thiazole rings is 1. The third-order valence-electron chi connectivity index (χ3n) is 6.17. The van der Waals surface area contributed by atoms with Gasteiger partial charge in [0.2, 0.25) is 10.8 Å². The number of pyridine rings is 1. The van der Waals surface area contributed by atoms with Gasteiger partial charge < -0.3 is 19.2 Å². The van der Waals surface area contributed by atoms with Gasteiger partial charge in [0.1, 0.15) is 22.0 Å². The van der Waals surface area contributed by atoms with E-state index in [2.05, 4.69) is 20.2 Å². The molecule has 1 atom stereocenters. The molecule has 2 aliphatic rings. The number of hydrogen-bond donors (Lipinski definition) is 1. The van der Waals surface area contributed by atoms with Crippen LogP contribution in [0.4, 0.5) is 17.5 Å². The highest BCUT2D eigenvalue weighted by Gasteiger charge is 2.33. The molecule has 9 nitrogen and oxygen atoms in total. The van der Waals surface area contributed by atoms with Crippen molar-refractivity contribution in [2.45, 2.75) is 24.3 Å². The van der Waals surface area contributed by atoms with Crippen LogP contribution in [0, 0.1) is 0 Å². The molecule has 11 heteroatoms. The van der Waals surface area contributed by atoms with Gasteiger partial charge in [-0.3, -0.25) is 4.98 Å². The van der Waals surface area contributed by atoms with Crippen molar-refractivity contribution in [1.29, 1.82) is 0 Å². The number of fused-ring (bicyclic) bond motifs is 3. The predicted molar refractivity (Wildman–Crippen MR) is 134 cm³/mol. The van der Waals surface area contributed by atoms with Crippen LogP contribution in [-0.4, -0.2) is 41.8 Å². The van der Waals surface area contributed by atoms with E-state index in [0.29, 0.717) is 41.0 Å². The molecule has 7 rings (SSSR count). The van der Waals surface area contributed by atoms with Crippen molar-refractivity contribution in [2.75, 3.05) is 22.5 Å². The number of nitrogens with zero attached hydrogens (tertiary/aromatic N) is 6. The highest BCUT2D eigenvalue weighted by atomic mass is 32.2. The average Bonchev–Trinajstić information content (AvgIpc) is 3.62. The maximum Gasteiger partial charge on any atom is 0.228 e. The van der Waals surface area contributed by atoms with Gasteiger partial charge in [0, 0.05) is 42.2 Å². The molecule has 1 N–H and O–H groups in total. The quantitative estimate of drug-likeness (QED) is 0.363. The lowest BCUT2D eigenvalue weighted by Crippen LogP contribution is -2.31. The Balaban J connectivity index is 1.22. The van der Waals surface area contributed by atoms with Gasteiger partial charge in [0.05, 0.1) is 17.9 Å². The fraction of sp³-hybridized carbons (Fsp3) is 0.208. The fourth-order valence-corrected chi connectivity index (χ4v) is 6.85. The zero-order valence-electron chi connectivity index (χ0n) is 18.5. The molecule has 2 aliphatic heterocycles. The number of nitrogens with one attached hydrogen (secondary N) is 1. The molecule has 174 valence electrons. The SMILES string of the molecule is [O-][S@+]1CCc2nc(N3CCc4nc(-c5ccccn5)sc4C3)nc(Nc3ccc4ncoc4c3)c21. The molecule has 35 heavy (non-hydrogen) atoms. The Kier molecular flexibility index (Phi) is 4.93. The van der Waals surface area contributed by atoms with Gasteiger partial charge in [-0.2, -0.15) is 4.98 Å². The molecular formula is C24H19N7O2S2. The smallest absolute Gasteiger partial charge is 0.228 e. The summed E-state index contributed by atoms with van der Waals surface area (Å²) in [4.78, 5) is 27.2. The highest BCUT2D eigenvalue weighted by Crippen LogP contribution is 2.36. The second-order valence-electron chi connectivity index (χ2n) is 8.38. The van der Waals surface area contributed by atoms with E-state index in [-0.39, 0.29) is 0 Å². The molecule has 0 saturated carbocycles. The molecular weight excluding hydrogens is 482 g/mol. The molecule has 0 radical (unpaired) electrons. The summed E-state index contributed by atoms with van der Waals surface area (Å²) in [5.74, 6) is 1.80. The third kappa shape index (κ3) is 3.72. The molecule has 1 aromatic carbocycles. The van der Waals surface area contributed by atoms with Crippen LogP contribution in [0.25, 0.3) is 21.8 Å². The van der Waals surface area contributed by atoms with Gasteiger partial charge in [0.15, 0.2) is 17.8 Å². The van der Waals surface area contributed by atoms with Gasteiger partial charge in [-0.05, 0) is 35.4 Å². The van der Waals surface area contributed by atoms with Gasteiger partial charge in [-0.15, -0.1) is 11.3 Å². The Morgan fingerprint density at radius 2 is 2.03 bits per heavy atom. The van der Waals surface area contributed by atoms with Crippen molar-refractivity contribution in [2.24, 2.45) is 0 Å². The Morgan fingerprint density at radius 3 is 2.94 bits per heavy atom. The van der Waals surface area contributed by atoms with E-state index in [9.17, 15) is 4.55 Å². The average molecular weight is 502 g/mol. The minimum Gasteiger partial charge on any atom is -0.611 e. The second kappa shape index (κ2) is 8.29. The van der Waals surface area contributed by atoms with E-state index in [1.54, 1.807) is 17.5 Å². The molecule has 0 fully saturated rings. The van der Waals surface area contributed by atoms with Crippen LogP contribution in [0.5, 0.6) is 0 Å². The summed E-state index contributed by atoms with van der Waals surface area (Å²) in [6.07, 6.45) is 4.71. The van der Waals surface area contributed by atoms with Crippen molar-refractivity contribution in [1.82, 2.24) is 24.9 Å². The molecule has 0 amide bonds. The zero-order valence-corrected chi connectivity index (χ0v) is 20.1. The lowest BCUT2D eigenvalue weighted by Gasteiger charge is -2.26. The molecule has 0 saturated heterocycles. The van der Waals surface area contributed by atoms with Gasteiger partial charge in [0.25, 0.3) is 0 Å². The molecule has 0 spiro atoms. The van der Waals surface area contributed by atoms with E-state index < -0.39 is 11.2 Å². The predicted octanol–water partition coefficient (Wildman–Crippen LogP) is 4.11. The molecule has 0 aliphatic carbocycles. The summed E-state index contributed by atoms with van der Waals surface area (Å²) in [5, 5.41) is 4.30. The molecule has 0 unspecified atom stereocenters. The number of anilines is 3. The van der Waals surface area contributed by atoms with E-state index in [0.717, 1.165) is 46.3 Å². The van der Waals surface area contributed by atoms with Crippen LogP contribution in [0.1, 0.15) is 16.3 Å². The zero-order chi connectivity index (χ0) is 23.4. The number of aryl methyl sites for hydroxylation is 1. The number of aromatic nitrogens is 5. The van der Waals surface area contributed by atoms with Crippen molar-refractivity contribution in [3.63, 3.8) is 0 Å². The molecule has 4 aromatic heterocycles. The second-order valence-corrected chi connectivity index (χ2v) is 11.0. The summed E-state index contributed by atoms with van der Waals surface area (Å²) in [6, 6.07) is 11.5. The maximum absolute atomic E-state index is 12.8. The topological polar surface area (TPSA) is 116 Å². The van der Waals surface area contributed by atoms with Gasteiger partial charge in [-0.1, -0.05) is 6.07 Å². The fourth-order valence-electron chi connectivity index (χ4n) is 4.44. The van der Waals surface area contributed by atoms with Crippen LogP contribution in [0.2, 0.25) is 0 Å². The first-order valence-corrected chi connectivity index (χ1v) is 13.4. The monoisotopic (exact) mass is 501 g/mol. The standard InChI is InChI=1S/C24H19N7O2S2/c32-35-10-7-17-21(35)22(27-14-4-5-15-19(11-14)33-13-26-15)30-24(29-17)31-9-6-16-20(12-31)34-23(28-16)18-3-1-2-8-25-18/h1-5,8,11,13H,6-7,9-10,12H2,(H,27,29,30)/t35-/m1/s1. The number of oxazole rings is 1. The van der Waals surface area contributed by atoms with Crippen molar-refractivity contribution >= 4 is 51.1 Å². The first-order valence-electron chi connectivity index (χ1n) is 11.3. The Morgan fingerprint density at radius 1 is 1.06 bits per heavy atom. The molecule has 5 aromatic rings. The summed E-state index contributed by atoms with van der Waals surface area (Å²) in [5.41, 5.74) is 5.12. The third-order valence-corrected chi connectivity index (χ3v) is 8.73. The first-order chi connectivity index (χ1) is 17.2. The van der Waals surface area contributed by atoms with Gasteiger partial charge in [-0.25, -0.2) is 15.0 Å². The van der Waals surface area contributed by atoms with Gasteiger partial charge >= 0.3 is 0 Å². The Hall–Kier alpha value is -3.54. The molecule has 0 bridgehead atoms. The summed E-state index contributed by atoms with van der Waals surface area (Å²) >= 11 is 0.544. The van der Waals surface area contributed by atoms with Crippen LogP contribution >= 0.6 is 11.3 Å². The van der Waals surface area contributed by atoms with Crippen molar-refractivity contribution in [3.05, 3.63) is 65.3 Å². The van der Waals surface area contributed by atoms with Crippen molar-refractivity contribution in [3.8, 4) is 10.7 Å². The normalized spacial score (nSPS) is 16.9. The lowest BCUT2D eigenvalue weighted by molar-refractivity contribution is 0.598. The number of hydrogen-bond acceptors (Lipinski definition) is 10. The summed E-state index contributed by atoms with van der Waals surface area (Å²) in [7, 11) is 0. The van der Waals surface area contributed by atoms with E-state index in [4.69, 9.17) is 19.4 Å². The van der Waals surface area contributed by atoms with Crippen molar-refractivity contribution < 1.29 is 8.97 Å². The first kappa shape index (κ1) is 20.8. The summed E-state index contributed by atoms with van der Waals surface area (Å²) < 4.78 is 18.2. The molecule has 6 heterocycles. The number of benzene rings is 1. The lowest BCUT2D eigenvalue weighted by atomic mass is 10.2. The van der Waals surface area contributed by atoms with Crippen LogP contribution in [0.3, 0.4) is 0 Å². The minimum absolute atomic E-state index is 0.565. The largest absolute Gasteiger partial charge is 0.611 e. The van der Waals surface area contributed by atoms with Crippen LogP contribution in [-0.2, 0) is 30.6 Å². The Labute approximate surface area is 207 Å².